The number of methoxy groups -OCH3 is 1. The van der Waals surface area contributed by atoms with Gasteiger partial charge in [0, 0.05) is 46.9 Å². The summed E-state index contributed by atoms with van der Waals surface area (Å²) in [6.07, 6.45) is 4.33. The molecule has 0 amide bonds. The van der Waals surface area contributed by atoms with Gasteiger partial charge < -0.3 is 19.5 Å². The largest absolute Gasteiger partial charge is 0.493 e. The van der Waals surface area contributed by atoms with Crippen LogP contribution < -0.4 is 19.5 Å². The molecule has 0 radical (unpaired) electrons. The zero-order valence-corrected chi connectivity index (χ0v) is 22.7. The van der Waals surface area contributed by atoms with Gasteiger partial charge in [-0.1, -0.05) is 54.6 Å². The lowest BCUT2D eigenvalue weighted by Crippen LogP contribution is -2.36. The minimum absolute atomic E-state index is 0.120. The maximum absolute atomic E-state index is 13.2. The van der Waals surface area contributed by atoms with Crippen LogP contribution >= 0.6 is 0 Å². The van der Waals surface area contributed by atoms with Gasteiger partial charge in [-0.25, -0.2) is 0 Å². The molecule has 1 heterocycles. The summed E-state index contributed by atoms with van der Waals surface area (Å²) in [6.45, 7) is 0.751. The average Bonchev–Trinajstić information content (AvgIpc) is 2.99. The van der Waals surface area contributed by atoms with Crippen molar-refractivity contribution in [2.75, 3.05) is 7.11 Å². The van der Waals surface area contributed by atoms with Gasteiger partial charge in [0.1, 0.15) is 19.0 Å². The van der Waals surface area contributed by atoms with E-state index in [4.69, 9.17) is 14.2 Å². The van der Waals surface area contributed by atoms with E-state index >= 15 is 0 Å². The number of rotatable bonds is 8. The predicted molar refractivity (Wildman–Crippen MR) is 152 cm³/mol. The highest BCUT2D eigenvalue weighted by Crippen LogP contribution is 2.47. The van der Waals surface area contributed by atoms with Crippen LogP contribution in [-0.2, 0) is 22.8 Å². The molecule has 0 spiro atoms. The molecule has 40 heavy (non-hydrogen) atoms. The van der Waals surface area contributed by atoms with Gasteiger partial charge in [0.2, 0.25) is 0 Å². The van der Waals surface area contributed by atoms with Gasteiger partial charge in [0.15, 0.2) is 23.1 Å². The standard InChI is InChI=1S/C34H33NO5/c1-38-31-19-23(17-18-30(31)40-20-22-9-3-2-4-10-22)21-39-29-16-6-5-11-24(29)32-33-25(12-7-14-27(33)36)35-26-13-8-15-28(37)34(26)32/h2-6,9-11,16-19,32,35H,7-8,12-15,20-21H2,1H3. The topological polar surface area (TPSA) is 73.9 Å². The number of nitrogens with one attached hydrogen (secondary N) is 1. The second-order valence-corrected chi connectivity index (χ2v) is 10.5. The summed E-state index contributed by atoms with van der Waals surface area (Å²) < 4.78 is 18.0. The highest BCUT2D eigenvalue weighted by atomic mass is 16.5. The average molecular weight is 536 g/mol. The first-order chi connectivity index (χ1) is 19.6. The summed E-state index contributed by atoms with van der Waals surface area (Å²) in [5.41, 5.74) is 6.28. The molecule has 0 saturated heterocycles. The van der Waals surface area contributed by atoms with Gasteiger partial charge in [0.05, 0.1) is 7.11 Å². The van der Waals surface area contributed by atoms with Gasteiger partial charge in [-0.2, -0.15) is 0 Å². The second-order valence-electron chi connectivity index (χ2n) is 10.5. The number of hydrogen-bond acceptors (Lipinski definition) is 6. The Morgan fingerprint density at radius 1 is 0.675 bits per heavy atom. The van der Waals surface area contributed by atoms with Crippen LogP contribution in [-0.4, -0.2) is 18.7 Å². The van der Waals surface area contributed by atoms with Crippen LogP contribution in [0.25, 0.3) is 0 Å². The summed E-state index contributed by atoms with van der Waals surface area (Å²) in [5.74, 6) is 1.81. The van der Waals surface area contributed by atoms with Crippen molar-refractivity contribution in [3.05, 3.63) is 112 Å². The summed E-state index contributed by atoms with van der Waals surface area (Å²) in [4.78, 5) is 26.5. The minimum atomic E-state index is -0.397. The molecule has 0 bridgehead atoms. The number of hydrogen-bond donors (Lipinski definition) is 1. The van der Waals surface area contributed by atoms with E-state index in [9.17, 15) is 9.59 Å². The van der Waals surface area contributed by atoms with E-state index < -0.39 is 5.92 Å². The Bertz CT molecular complexity index is 1460. The van der Waals surface area contributed by atoms with Crippen molar-refractivity contribution in [3.63, 3.8) is 0 Å². The highest BCUT2D eigenvalue weighted by molar-refractivity contribution is 6.06. The Balaban J connectivity index is 1.26. The molecule has 0 unspecified atom stereocenters. The molecule has 2 aliphatic carbocycles. The molecule has 1 N–H and O–H groups in total. The monoisotopic (exact) mass is 535 g/mol. The van der Waals surface area contributed by atoms with Crippen molar-refractivity contribution in [1.82, 2.24) is 5.32 Å². The number of para-hydroxylation sites is 1. The lowest BCUT2D eigenvalue weighted by molar-refractivity contribution is -0.117. The van der Waals surface area contributed by atoms with E-state index in [1.165, 1.54) is 0 Å². The number of ketones is 2. The summed E-state index contributed by atoms with van der Waals surface area (Å²) in [5, 5.41) is 3.48. The van der Waals surface area contributed by atoms with E-state index in [0.29, 0.717) is 43.3 Å². The number of benzene rings is 3. The van der Waals surface area contributed by atoms with Crippen LogP contribution in [0.15, 0.2) is 95.3 Å². The van der Waals surface area contributed by atoms with Crippen LogP contribution in [0.5, 0.6) is 17.2 Å². The summed E-state index contributed by atoms with van der Waals surface area (Å²) >= 11 is 0. The molecule has 3 aromatic rings. The second kappa shape index (κ2) is 11.4. The van der Waals surface area contributed by atoms with Gasteiger partial charge in [0.25, 0.3) is 0 Å². The van der Waals surface area contributed by atoms with E-state index in [2.05, 4.69) is 5.32 Å². The molecule has 6 heteroatoms. The molecule has 0 fully saturated rings. The van der Waals surface area contributed by atoms with Crippen LogP contribution in [0.1, 0.15) is 61.1 Å². The number of carbonyl (C=O) groups excluding carboxylic acids is 2. The molecule has 204 valence electrons. The van der Waals surface area contributed by atoms with Crippen molar-refractivity contribution in [3.8, 4) is 17.2 Å². The van der Waals surface area contributed by atoms with E-state index in [-0.39, 0.29) is 11.6 Å². The van der Waals surface area contributed by atoms with Gasteiger partial charge in [-0.05, 0) is 55.0 Å². The van der Waals surface area contributed by atoms with Crippen molar-refractivity contribution < 1.29 is 23.8 Å². The third-order valence-corrected chi connectivity index (χ3v) is 7.88. The molecule has 1 aliphatic heterocycles. The smallest absolute Gasteiger partial charge is 0.161 e. The molecular weight excluding hydrogens is 502 g/mol. The zero-order chi connectivity index (χ0) is 27.5. The number of dihydropyridines is 1. The fraction of sp³-hybridized carbons (Fsp3) is 0.294. The van der Waals surface area contributed by atoms with Gasteiger partial charge in [-0.3, -0.25) is 9.59 Å². The Hall–Kier alpha value is -4.32. The number of allylic oxidation sites excluding steroid dienone is 4. The molecule has 3 aliphatic rings. The fourth-order valence-corrected chi connectivity index (χ4v) is 5.96. The molecule has 0 aromatic heterocycles. The maximum atomic E-state index is 13.2. The normalized spacial score (nSPS) is 17.2. The van der Waals surface area contributed by atoms with E-state index in [0.717, 1.165) is 64.9 Å². The van der Waals surface area contributed by atoms with Gasteiger partial charge in [-0.15, -0.1) is 0 Å². The van der Waals surface area contributed by atoms with Gasteiger partial charge >= 0.3 is 0 Å². The maximum Gasteiger partial charge on any atom is 0.161 e. The molecule has 6 rings (SSSR count). The molecular formula is C34H33NO5. The van der Waals surface area contributed by atoms with Crippen LogP contribution in [0.2, 0.25) is 0 Å². The Morgan fingerprint density at radius 2 is 1.30 bits per heavy atom. The van der Waals surface area contributed by atoms with Crippen LogP contribution in [0.4, 0.5) is 0 Å². The Kier molecular flexibility index (Phi) is 7.41. The predicted octanol–water partition coefficient (Wildman–Crippen LogP) is 6.55. The summed E-state index contributed by atoms with van der Waals surface area (Å²) in [7, 11) is 1.63. The highest BCUT2D eigenvalue weighted by Gasteiger charge is 2.41. The number of carbonyl (C=O) groups is 2. The zero-order valence-electron chi connectivity index (χ0n) is 22.7. The molecule has 3 aromatic carbocycles. The fourth-order valence-electron chi connectivity index (χ4n) is 5.96. The van der Waals surface area contributed by atoms with Crippen molar-refractivity contribution in [1.29, 1.82) is 0 Å². The molecule has 6 nitrogen and oxygen atoms in total. The number of Topliss-reactive ketones (excluding diaryl/α,β-unsaturated/α-hetero) is 2. The van der Waals surface area contributed by atoms with Crippen LogP contribution in [0, 0.1) is 0 Å². The first-order valence-corrected chi connectivity index (χ1v) is 14.0. The lowest BCUT2D eigenvalue weighted by atomic mass is 9.71. The Labute approximate surface area is 234 Å². The molecule has 0 saturated carbocycles. The van der Waals surface area contributed by atoms with Crippen molar-refractivity contribution in [2.24, 2.45) is 0 Å². The van der Waals surface area contributed by atoms with E-state index in [1.54, 1.807) is 7.11 Å². The minimum Gasteiger partial charge on any atom is -0.493 e. The quantitative estimate of drug-likeness (QED) is 0.352. The first-order valence-electron chi connectivity index (χ1n) is 14.0. The number of ether oxygens (including phenoxy) is 3. The van der Waals surface area contributed by atoms with Crippen LogP contribution in [0.3, 0.4) is 0 Å². The first kappa shape index (κ1) is 25.9. The summed E-state index contributed by atoms with van der Waals surface area (Å²) in [6, 6.07) is 23.6. The van der Waals surface area contributed by atoms with Crippen molar-refractivity contribution >= 4 is 11.6 Å². The molecule has 0 atom stereocenters. The Morgan fingerprint density at radius 3 is 2.00 bits per heavy atom. The SMILES string of the molecule is COc1cc(COc2ccccc2C2C3=C(CCCC3=O)NC3=C2C(=O)CCC3)ccc1OCc1ccccc1. The third-order valence-electron chi connectivity index (χ3n) is 7.88. The third kappa shape index (κ3) is 5.14. The van der Waals surface area contributed by atoms with E-state index in [1.807, 2.05) is 72.8 Å². The van der Waals surface area contributed by atoms with Crippen molar-refractivity contribution in [2.45, 2.75) is 57.7 Å². The lowest BCUT2D eigenvalue weighted by Gasteiger charge is -2.37.